The molecule has 1 aromatic carbocycles. The average molecular weight is 300 g/mol. The molecule has 2 heterocycles. The summed E-state index contributed by atoms with van der Waals surface area (Å²) in [6.07, 6.45) is 0. The molecule has 0 N–H and O–H groups in total. The second kappa shape index (κ2) is 6.41. The van der Waals surface area contributed by atoms with E-state index in [0.29, 0.717) is 0 Å². The molecule has 1 atom stereocenters. The van der Waals surface area contributed by atoms with Gasteiger partial charge in [-0.25, -0.2) is 0 Å². The molecule has 0 spiro atoms. The monoisotopic (exact) mass is 300 g/mol. The highest BCUT2D eigenvalue weighted by Crippen LogP contribution is 2.27. The van der Waals surface area contributed by atoms with Crippen molar-refractivity contribution < 1.29 is 4.79 Å². The molecular formula is C17H20N2OS. The van der Waals surface area contributed by atoms with Gasteiger partial charge in [0.1, 0.15) is 0 Å². The molecule has 1 amide bonds. The summed E-state index contributed by atoms with van der Waals surface area (Å²) in [5.74, 6) is 0.172. The Kier molecular flexibility index (Phi) is 4.36. The summed E-state index contributed by atoms with van der Waals surface area (Å²) in [6.45, 7) is 5.15. The van der Waals surface area contributed by atoms with Gasteiger partial charge in [-0.05, 0) is 28.0 Å². The highest BCUT2D eigenvalue weighted by atomic mass is 32.1. The lowest BCUT2D eigenvalue weighted by Gasteiger charge is -2.41. The zero-order valence-corrected chi connectivity index (χ0v) is 13.1. The third-order valence-electron chi connectivity index (χ3n) is 4.09. The van der Waals surface area contributed by atoms with Gasteiger partial charge < -0.3 is 4.90 Å². The summed E-state index contributed by atoms with van der Waals surface area (Å²) >= 11 is 1.74. The first-order chi connectivity index (χ1) is 10.2. The second-order valence-corrected chi connectivity index (χ2v) is 6.27. The molecule has 0 bridgehead atoms. The minimum absolute atomic E-state index is 0.172. The van der Waals surface area contributed by atoms with Crippen LogP contribution in [0.4, 0.5) is 0 Å². The number of hydrogen-bond donors (Lipinski definition) is 0. The van der Waals surface area contributed by atoms with Gasteiger partial charge in [-0.3, -0.25) is 9.69 Å². The maximum atomic E-state index is 11.7. The van der Waals surface area contributed by atoms with Crippen LogP contribution in [0.5, 0.6) is 0 Å². The van der Waals surface area contributed by atoms with Gasteiger partial charge in [0.25, 0.3) is 0 Å². The van der Waals surface area contributed by atoms with Crippen LogP contribution in [0.15, 0.2) is 47.2 Å². The Hall–Kier alpha value is -1.65. The van der Waals surface area contributed by atoms with Crippen LogP contribution in [0.2, 0.25) is 0 Å². The Balaban J connectivity index is 1.82. The van der Waals surface area contributed by atoms with Gasteiger partial charge in [0, 0.05) is 33.1 Å². The molecule has 0 unspecified atom stereocenters. The Morgan fingerprint density at radius 2 is 2.05 bits per heavy atom. The number of hydrogen-bond acceptors (Lipinski definition) is 3. The van der Waals surface area contributed by atoms with E-state index in [1.54, 1.807) is 18.3 Å². The largest absolute Gasteiger partial charge is 0.340 e. The van der Waals surface area contributed by atoms with E-state index in [1.807, 2.05) is 11.0 Å². The van der Waals surface area contributed by atoms with Crippen LogP contribution in [0.1, 0.15) is 24.1 Å². The number of piperazine rings is 1. The van der Waals surface area contributed by atoms with Crippen molar-refractivity contribution in [3.8, 4) is 0 Å². The topological polar surface area (TPSA) is 23.6 Å². The standard InChI is InChI=1S/C17H20N2OS/c1-14(20)18-8-9-19(11-15-7-10-21-13-15)17(12-18)16-5-3-2-4-6-16/h2-7,10,13,17H,8-9,11-12H2,1H3/t17-/m1/s1. The van der Waals surface area contributed by atoms with E-state index < -0.39 is 0 Å². The Labute approximate surface area is 129 Å². The molecule has 4 heteroatoms. The maximum absolute atomic E-state index is 11.7. The first-order valence-corrected chi connectivity index (χ1v) is 8.24. The molecule has 110 valence electrons. The molecule has 2 aromatic rings. The Bertz CT molecular complexity index is 582. The minimum Gasteiger partial charge on any atom is -0.340 e. The van der Waals surface area contributed by atoms with Gasteiger partial charge in [0.05, 0.1) is 6.04 Å². The van der Waals surface area contributed by atoms with Crippen LogP contribution >= 0.6 is 11.3 Å². The number of rotatable bonds is 3. The van der Waals surface area contributed by atoms with Gasteiger partial charge in [-0.1, -0.05) is 30.3 Å². The summed E-state index contributed by atoms with van der Waals surface area (Å²) in [6, 6.07) is 13.0. The third kappa shape index (κ3) is 3.34. The maximum Gasteiger partial charge on any atom is 0.219 e. The van der Waals surface area contributed by atoms with Gasteiger partial charge in [0.2, 0.25) is 5.91 Å². The predicted molar refractivity (Wildman–Crippen MR) is 86.2 cm³/mol. The molecule has 1 aliphatic heterocycles. The molecule has 3 nitrogen and oxygen atoms in total. The van der Waals surface area contributed by atoms with E-state index in [1.165, 1.54) is 11.1 Å². The summed E-state index contributed by atoms with van der Waals surface area (Å²) in [5, 5.41) is 4.33. The van der Waals surface area contributed by atoms with E-state index in [-0.39, 0.29) is 11.9 Å². The predicted octanol–water partition coefficient (Wildman–Crippen LogP) is 3.15. The van der Waals surface area contributed by atoms with E-state index in [2.05, 4.69) is 46.0 Å². The fourth-order valence-corrected chi connectivity index (χ4v) is 3.56. The summed E-state index contributed by atoms with van der Waals surface area (Å²) in [4.78, 5) is 16.2. The van der Waals surface area contributed by atoms with Crippen LogP contribution in [0.25, 0.3) is 0 Å². The quantitative estimate of drug-likeness (QED) is 0.869. The second-order valence-electron chi connectivity index (χ2n) is 5.49. The third-order valence-corrected chi connectivity index (χ3v) is 4.82. The van der Waals surface area contributed by atoms with Crippen LogP contribution in [0, 0.1) is 0 Å². The molecule has 1 saturated heterocycles. The lowest BCUT2D eigenvalue weighted by Crippen LogP contribution is -2.49. The van der Waals surface area contributed by atoms with E-state index in [9.17, 15) is 4.79 Å². The number of amides is 1. The molecule has 0 saturated carbocycles. The smallest absolute Gasteiger partial charge is 0.219 e. The molecule has 0 aliphatic carbocycles. The van der Waals surface area contributed by atoms with Crippen molar-refractivity contribution in [1.82, 2.24) is 9.80 Å². The molecule has 1 fully saturated rings. The first-order valence-electron chi connectivity index (χ1n) is 7.29. The van der Waals surface area contributed by atoms with Crippen molar-refractivity contribution in [2.75, 3.05) is 19.6 Å². The number of nitrogens with zero attached hydrogens (tertiary/aromatic N) is 2. The van der Waals surface area contributed by atoms with Crippen molar-refractivity contribution in [3.05, 3.63) is 58.3 Å². The van der Waals surface area contributed by atoms with E-state index in [0.717, 1.165) is 26.2 Å². The SMILES string of the molecule is CC(=O)N1CCN(Cc2ccsc2)[C@@H](c2ccccc2)C1. The number of carbonyl (C=O) groups is 1. The van der Waals surface area contributed by atoms with Crippen molar-refractivity contribution in [3.63, 3.8) is 0 Å². The molecule has 21 heavy (non-hydrogen) atoms. The van der Waals surface area contributed by atoms with Gasteiger partial charge in [-0.15, -0.1) is 0 Å². The van der Waals surface area contributed by atoms with Crippen LogP contribution in [0.3, 0.4) is 0 Å². The highest BCUT2D eigenvalue weighted by Gasteiger charge is 2.29. The van der Waals surface area contributed by atoms with Crippen molar-refractivity contribution >= 4 is 17.2 Å². The molecule has 1 aromatic heterocycles. The van der Waals surface area contributed by atoms with Gasteiger partial charge in [-0.2, -0.15) is 11.3 Å². The van der Waals surface area contributed by atoms with Crippen LogP contribution in [-0.2, 0) is 11.3 Å². The fraction of sp³-hybridized carbons (Fsp3) is 0.353. The molecule has 1 aliphatic rings. The highest BCUT2D eigenvalue weighted by molar-refractivity contribution is 7.07. The van der Waals surface area contributed by atoms with Crippen LogP contribution < -0.4 is 0 Å². The van der Waals surface area contributed by atoms with Gasteiger partial charge >= 0.3 is 0 Å². The normalized spacial score (nSPS) is 19.7. The molecular weight excluding hydrogens is 280 g/mol. The van der Waals surface area contributed by atoms with Crippen LogP contribution in [-0.4, -0.2) is 35.3 Å². The summed E-state index contributed by atoms with van der Waals surface area (Å²) in [7, 11) is 0. The number of carbonyl (C=O) groups excluding carboxylic acids is 1. The van der Waals surface area contributed by atoms with Crippen molar-refractivity contribution in [2.24, 2.45) is 0 Å². The number of benzene rings is 1. The summed E-state index contributed by atoms with van der Waals surface area (Å²) in [5.41, 5.74) is 2.65. The zero-order valence-electron chi connectivity index (χ0n) is 12.2. The Morgan fingerprint density at radius 1 is 1.24 bits per heavy atom. The van der Waals surface area contributed by atoms with E-state index >= 15 is 0 Å². The Morgan fingerprint density at radius 3 is 2.71 bits per heavy atom. The number of thiophene rings is 1. The molecule has 0 radical (unpaired) electrons. The zero-order chi connectivity index (χ0) is 14.7. The van der Waals surface area contributed by atoms with E-state index in [4.69, 9.17) is 0 Å². The van der Waals surface area contributed by atoms with Gasteiger partial charge in [0.15, 0.2) is 0 Å². The lowest BCUT2D eigenvalue weighted by molar-refractivity contribution is -0.132. The summed E-state index contributed by atoms with van der Waals surface area (Å²) < 4.78 is 0. The van der Waals surface area contributed by atoms with Crippen molar-refractivity contribution in [2.45, 2.75) is 19.5 Å². The fourth-order valence-electron chi connectivity index (χ4n) is 2.90. The average Bonchev–Trinajstić information content (AvgIpc) is 3.01. The molecule has 3 rings (SSSR count). The van der Waals surface area contributed by atoms with Crippen molar-refractivity contribution in [1.29, 1.82) is 0 Å². The lowest BCUT2D eigenvalue weighted by atomic mass is 10.0. The minimum atomic E-state index is 0.172. The first kappa shape index (κ1) is 14.3.